The molecule has 4 heteroatoms. The van der Waals surface area contributed by atoms with Crippen LogP contribution < -0.4 is 14.9 Å². The van der Waals surface area contributed by atoms with Crippen LogP contribution in [-0.2, 0) is 0 Å². The maximum Gasteiger partial charge on any atom is 0.161 e. The first-order chi connectivity index (χ1) is 10.2. The fourth-order valence-electron chi connectivity index (χ4n) is 1.92. The van der Waals surface area contributed by atoms with Gasteiger partial charge in [0.2, 0.25) is 0 Å². The predicted octanol–water partition coefficient (Wildman–Crippen LogP) is 3.85. The molecule has 0 spiro atoms. The summed E-state index contributed by atoms with van der Waals surface area (Å²) in [6.45, 7) is 4.58. The maximum atomic E-state index is 5.55. The minimum absolute atomic E-state index is 0.596. The van der Waals surface area contributed by atoms with Crippen LogP contribution in [0.25, 0.3) is 0 Å². The predicted molar refractivity (Wildman–Crippen MR) is 86.6 cm³/mol. The average Bonchev–Trinajstić information content (AvgIpc) is 2.50. The van der Waals surface area contributed by atoms with Crippen molar-refractivity contribution in [3.05, 3.63) is 53.6 Å². The second-order valence-corrected chi connectivity index (χ2v) is 4.53. The Balaban J connectivity index is 2.10. The molecule has 0 heterocycles. The molecule has 0 bridgehead atoms. The topological polar surface area (TPSA) is 42.8 Å². The number of rotatable bonds is 6. The van der Waals surface area contributed by atoms with E-state index in [1.54, 1.807) is 13.3 Å². The number of nitrogens with zero attached hydrogens (tertiary/aromatic N) is 1. The first-order valence-electron chi connectivity index (χ1n) is 6.90. The smallest absolute Gasteiger partial charge is 0.161 e. The van der Waals surface area contributed by atoms with E-state index in [-0.39, 0.29) is 0 Å². The van der Waals surface area contributed by atoms with Crippen molar-refractivity contribution in [3.8, 4) is 11.5 Å². The molecule has 0 aromatic heterocycles. The first kappa shape index (κ1) is 14.9. The number of para-hydroxylation sites is 1. The van der Waals surface area contributed by atoms with E-state index in [1.807, 2.05) is 56.3 Å². The van der Waals surface area contributed by atoms with Crippen molar-refractivity contribution in [2.75, 3.05) is 19.1 Å². The van der Waals surface area contributed by atoms with E-state index in [0.29, 0.717) is 6.61 Å². The van der Waals surface area contributed by atoms with Crippen molar-refractivity contribution in [2.45, 2.75) is 13.8 Å². The molecule has 21 heavy (non-hydrogen) atoms. The van der Waals surface area contributed by atoms with Gasteiger partial charge >= 0.3 is 0 Å². The van der Waals surface area contributed by atoms with E-state index in [1.165, 1.54) is 0 Å². The summed E-state index contributed by atoms with van der Waals surface area (Å²) in [5.41, 5.74) is 6.13. The molecular weight excluding hydrogens is 264 g/mol. The number of aryl methyl sites for hydroxylation is 1. The Kier molecular flexibility index (Phi) is 5.21. The molecule has 2 aromatic rings. The molecule has 0 aliphatic carbocycles. The van der Waals surface area contributed by atoms with Gasteiger partial charge in [0.15, 0.2) is 11.5 Å². The molecule has 110 valence electrons. The lowest BCUT2D eigenvalue weighted by Crippen LogP contribution is -1.97. The highest BCUT2D eigenvalue weighted by molar-refractivity contribution is 5.81. The molecular formula is C17H20N2O2. The van der Waals surface area contributed by atoms with Crippen molar-refractivity contribution in [1.82, 2.24) is 0 Å². The van der Waals surface area contributed by atoms with Gasteiger partial charge in [0.1, 0.15) is 0 Å². The molecule has 0 saturated heterocycles. The molecule has 2 aromatic carbocycles. The zero-order valence-electron chi connectivity index (χ0n) is 12.6. The molecule has 0 unspecified atom stereocenters. The fourth-order valence-corrected chi connectivity index (χ4v) is 1.92. The highest BCUT2D eigenvalue weighted by atomic mass is 16.5. The number of hydrogen-bond acceptors (Lipinski definition) is 4. The van der Waals surface area contributed by atoms with Crippen molar-refractivity contribution in [2.24, 2.45) is 5.10 Å². The van der Waals surface area contributed by atoms with Crippen LogP contribution in [0.1, 0.15) is 18.1 Å². The Morgan fingerprint density at radius 1 is 1.14 bits per heavy atom. The quantitative estimate of drug-likeness (QED) is 0.647. The summed E-state index contributed by atoms with van der Waals surface area (Å²) >= 11 is 0. The zero-order valence-corrected chi connectivity index (χ0v) is 12.6. The van der Waals surface area contributed by atoms with Gasteiger partial charge < -0.3 is 9.47 Å². The Hall–Kier alpha value is -2.49. The monoisotopic (exact) mass is 284 g/mol. The van der Waals surface area contributed by atoms with Gasteiger partial charge in [-0.2, -0.15) is 5.10 Å². The lowest BCUT2D eigenvalue weighted by atomic mass is 10.2. The van der Waals surface area contributed by atoms with Crippen LogP contribution in [0.15, 0.2) is 47.6 Å². The van der Waals surface area contributed by atoms with Gasteiger partial charge in [-0.15, -0.1) is 0 Å². The number of anilines is 1. The van der Waals surface area contributed by atoms with Crippen LogP contribution in [0.2, 0.25) is 0 Å². The molecule has 0 atom stereocenters. The van der Waals surface area contributed by atoms with Gasteiger partial charge in [-0.05, 0) is 49.2 Å². The molecule has 0 amide bonds. The number of nitrogens with one attached hydrogen (secondary N) is 1. The van der Waals surface area contributed by atoms with Crippen LogP contribution in [0.4, 0.5) is 5.69 Å². The second-order valence-electron chi connectivity index (χ2n) is 4.53. The third-order valence-corrected chi connectivity index (χ3v) is 3.03. The van der Waals surface area contributed by atoms with Crippen LogP contribution in [0.5, 0.6) is 11.5 Å². The van der Waals surface area contributed by atoms with E-state index in [4.69, 9.17) is 9.47 Å². The van der Waals surface area contributed by atoms with Crippen LogP contribution in [0.3, 0.4) is 0 Å². The Morgan fingerprint density at radius 3 is 2.67 bits per heavy atom. The molecule has 0 fully saturated rings. The number of benzene rings is 2. The van der Waals surface area contributed by atoms with Gasteiger partial charge in [0, 0.05) is 0 Å². The minimum atomic E-state index is 0.596. The van der Waals surface area contributed by atoms with E-state index >= 15 is 0 Å². The van der Waals surface area contributed by atoms with Gasteiger partial charge in [-0.25, -0.2) is 0 Å². The third-order valence-electron chi connectivity index (χ3n) is 3.03. The van der Waals surface area contributed by atoms with E-state index in [0.717, 1.165) is 28.3 Å². The highest BCUT2D eigenvalue weighted by Gasteiger charge is 2.04. The van der Waals surface area contributed by atoms with Crippen LogP contribution in [0, 0.1) is 6.92 Å². The highest BCUT2D eigenvalue weighted by Crippen LogP contribution is 2.27. The van der Waals surface area contributed by atoms with E-state index in [9.17, 15) is 0 Å². The zero-order chi connectivity index (χ0) is 15.1. The summed E-state index contributed by atoms with van der Waals surface area (Å²) in [7, 11) is 1.63. The van der Waals surface area contributed by atoms with Gasteiger partial charge in [-0.1, -0.05) is 18.2 Å². The first-order valence-corrected chi connectivity index (χ1v) is 6.90. The van der Waals surface area contributed by atoms with Crippen molar-refractivity contribution in [3.63, 3.8) is 0 Å². The third kappa shape index (κ3) is 3.99. The number of ether oxygens (including phenoxy) is 2. The maximum absolute atomic E-state index is 5.55. The molecule has 1 N–H and O–H groups in total. The second kappa shape index (κ2) is 7.33. The lowest BCUT2D eigenvalue weighted by Gasteiger charge is -2.09. The van der Waals surface area contributed by atoms with Gasteiger partial charge in [0.25, 0.3) is 0 Å². The number of hydrazone groups is 1. The Labute approximate surface area is 125 Å². The molecule has 0 saturated carbocycles. The largest absolute Gasteiger partial charge is 0.493 e. The van der Waals surface area contributed by atoms with E-state index < -0.39 is 0 Å². The standard InChI is InChI=1S/C17H20N2O2/c1-4-21-17-11-14(9-10-16(17)20-3)12-18-19-15-8-6-5-7-13(15)2/h5-12,19H,4H2,1-3H3/b18-12-. The van der Waals surface area contributed by atoms with Gasteiger partial charge in [-0.3, -0.25) is 5.43 Å². The minimum Gasteiger partial charge on any atom is -0.493 e. The summed E-state index contributed by atoms with van der Waals surface area (Å²) in [6, 6.07) is 13.7. The van der Waals surface area contributed by atoms with Crippen LogP contribution in [-0.4, -0.2) is 19.9 Å². The summed E-state index contributed by atoms with van der Waals surface area (Å²) in [5, 5.41) is 4.26. The molecule has 4 nitrogen and oxygen atoms in total. The summed E-state index contributed by atoms with van der Waals surface area (Å²) in [4.78, 5) is 0. The summed E-state index contributed by atoms with van der Waals surface area (Å²) < 4.78 is 10.8. The normalized spacial score (nSPS) is 10.6. The molecule has 0 aliphatic rings. The number of methoxy groups -OCH3 is 1. The van der Waals surface area contributed by atoms with Crippen molar-refractivity contribution >= 4 is 11.9 Å². The molecule has 0 aliphatic heterocycles. The average molecular weight is 284 g/mol. The molecule has 2 rings (SSSR count). The SMILES string of the molecule is CCOc1cc(/C=N\Nc2ccccc2C)ccc1OC. The fraction of sp³-hybridized carbons (Fsp3) is 0.235. The molecule has 0 radical (unpaired) electrons. The summed E-state index contributed by atoms with van der Waals surface area (Å²) in [6.07, 6.45) is 1.76. The Bertz CT molecular complexity index is 624. The van der Waals surface area contributed by atoms with Gasteiger partial charge in [0.05, 0.1) is 25.6 Å². The number of hydrogen-bond donors (Lipinski definition) is 1. The Morgan fingerprint density at radius 2 is 1.95 bits per heavy atom. The summed E-state index contributed by atoms with van der Waals surface area (Å²) in [5.74, 6) is 1.45. The van der Waals surface area contributed by atoms with Crippen molar-refractivity contribution in [1.29, 1.82) is 0 Å². The lowest BCUT2D eigenvalue weighted by molar-refractivity contribution is 0.311. The van der Waals surface area contributed by atoms with Crippen molar-refractivity contribution < 1.29 is 9.47 Å². The van der Waals surface area contributed by atoms with Crippen LogP contribution >= 0.6 is 0 Å². The van der Waals surface area contributed by atoms with E-state index in [2.05, 4.69) is 10.5 Å².